The SMILES string of the molecule is COCC(=O)C1=C(C)[C@@](C)(O)CC1=O. The minimum atomic E-state index is -1.17. The number of hydrogen-bond acceptors (Lipinski definition) is 4. The molecule has 14 heavy (non-hydrogen) atoms. The molecule has 0 aliphatic heterocycles. The van der Waals surface area contributed by atoms with Crippen molar-refractivity contribution in [1.82, 2.24) is 0 Å². The Labute approximate surface area is 82.6 Å². The van der Waals surface area contributed by atoms with E-state index in [1.165, 1.54) is 14.0 Å². The van der Waals surface area contributed by atoms with E-state index in [4.69, 9.17) is 0 Å². The van der Waals surface area contributed by atoms with Crippen LogP contribution in [0.15, 0.2) is 11.1 Å². The van der Waals surface area contributed by atoms with Crippen LogP contribution >= 0.6 is 0 Å². The molecule has 0 saturated carbocycles. The van der Waals surface area contributed by atoms with Gasteiger partial charge in [0.1, 0.15) is 6.61 Å². The summed E-state index contributed by atoms with van der Waals surface area (Å²) in [4.78, 5) is 22.9. The molecule has 0 heterocycles. The second-order valence-corrected chi connectivity index (χ2v) is 3.73. The maximum atomic E-state index is 11.4. The second kappa shape index (κ2) is 3.63. The van der Waals surface area contributed by atoms with Crippen molar-refractivity contribution in [2.75, 3.05) is 13.7 Å². The zero-order valence-electron chi connectivity index (χ0n) is 8.59. The van der Waals surface area contributed by atoms with Crippen LogP contribution < -0.4 is 0 Å². The van der Waals surface area contributed by atoms with E-state index in [1.54, 1.807) is 6.92 Å². The minimum Gasteiger partial charge on any atom is -0.385 e. The lowest BCUT2D eigenvalue weighted by Crippen LogP contribution is -2.22. The van der Waals surface area contributed by atoms with E-state index in [1.807, 2.05) is 0 Å². The molecule has 0 unspecified atom stereocenters. The van der Waals surface area contributed by atoms with E-state index in [0.29, 0.717) is 5.57 Å². The maximum Gasteiger partial charge on any atom is 0.192 e. The van der Waals surface area contributed by atoms with Gasteiger partial charge >= 0.3 is 0 Å². The van der Waals surface area contributed by atoms with Gasteiger partial charge in [-0.15, -0.1) is 0 Å². The van der Waals surface area contributed by atoms with Crippen molar-refractivity contribution in [2.45, 2.75) is 25.9 Å². The molecule has 0 aromatic carbocycles. The summed E-state index contributed by atoms with van der Waals surface area (Å²) in [5.41, 5.74) is -0.614. The van der Waals surface area contributed by atoms with Gasteiger partial charge in [-0.2, -0.15) is 0 Å². The molecule has 0 bridgehead atoms. The Morgan fingerprint density at radius 1 is 1.64 bits per heavy atom. The lowest BCUT2D eigenvalue weighted by Gasteiger charge is -2.16. The Morgan fingerprint density at radius 3 is 2.57 bits per heavy atom. The number of Topliss-reactive ketones (excluding diaryl/α,β-unsaturated/α-hetero) is 2. The summed E-state index contributed by atoms with van der Waals surface area (Å²) >= 11 is 0. The summed E-state index contributed by atoms with van der Waals surface area (Å²) < 4.78 is 4.66. The molecule has 1 atom stereocenters. The molecule has 0 spiro atoms. The van der Waals surface area contributed by atoms with E-state index in [0.717, 1.165) is 0 Å². The number of aliphatic hydroxyl groups is 1. The molecule has 0 amide bonds. The number of hydrogen-bond donors (Lipinski definition) is 1. The zero-order valence-corrected chi connectivity index (χ0v) is 8.59. The Kier molecular flexibility index (Phi) is 2.87. The van der Waals surface area contributed by atoms with Crippen LogP contribution in [0.3, 0.4) is 0 Å². The first-order valence-corrected chi connectivity index (χ1v) is 4.39. The van der Waals surface area contributed by atoms with E-state index in [2.05, 4.69) is 4.74 Å². The molecule has 0 aromatic heterocycles. The van der Waals surface area contributed by atoms with Gasteiger partial charge in [0.25, 0.3) is 0 Å². The number of carbonyl (C=O) groups excluding carboxylic acids is 2. The first-order valence-electron chi connectivity index (χ1n) is 4.39. The Hall–Kier alpha value is -1.00. The van der Waals surface area contributed by atoms with Crippen molar-refractivity contribution >= 4 is 11.6 Å². The molecule has 1 rings (SSSR count). The third kappa shape index (κ3) is 1.76. The molecule has 4 heteroatoms. The highest BCUT2D eigenvalue weighted by Gasteiger charge is 2.40. The number of carbonyl (C=O) groups is 2. The van der Waals surface area contributed by atoms with E-state index >= 15 is 0 Å². The lowest BCUT2D eigenvalue weighted by atomic mass is 9.99. The van der Waals surface area contributed by atoms with Gasteiger partial charge < -0.3 is 9.84 Å². The lowest BCUT2D eigenvalue weighted by molar-refractivity contribution is -0.123. The second-order valence-electron chi connectivity index (χ2n) is 3.73. The molecular formula is C10H14O4. The number of methoxy groups -OCH3 is 1. The average molecular weight is 198 g/mol. The summed E-state index contributed by atoms with van der Waals surface area (Å²) in [6.45, 7) is 3.02. The van der Waals surface area contributed by atoms with Gasteiger partial charge in [-0.25, -0.2) is 0 Å². The topological polar surface area (TPSA) is 63.6 Å². The summed E-state index contributed by atoms with van der Waals surface area (Å²) in [7, 11) is 1.39. The average Bonchev–Trinajstić information content (AvgIpc) is 2.22. The van der Waals surface area contributed by atoms with Crippen molar-refractivity contribution in [1.29, 1.82) is 0 Å². The highest BCUT2D eigenvalue weighted by Crippen LogP contribution is 2.32. The van der Waals surface area contributed by atoms with Gasteiger partial charge in [-0.3, -0.25) is 9.59 Å². The smallest absolute Gasteiger partial charge is 0.192 e. The normalized spacial score (nSPS) is 27.3. The van der Waals surface area contributed by atoms with Crippen LogP contribution in [0, 0.1) is 0 Å². The van der Waals surface area contributed by atoms with Crippen LogP contribution in [-0.2, 0) is 14.3 Å². The fourth-order valence-electron chi connectivity index (χ4n) is 1.58. The fraction of sp³-hybridized carbons (Fsp3) is 0.600. The van der Waals surface area contributed by atoms with Crippen molar-refractivity contribution in [3.63, 3.8) is 0 Å². The predicted octanol–water partition coefficient (Wildman–Crippen LogP) is 0.242. The van der Waals surface area contributed by atoms with Crippen LogP contribution in [0.2, 0.25) is 0 Å². The number of rotatable bonds is 3. The van der Waals surface area contributed by atoms with Crippen molar-refractivity contribution < 1.29 is 19.4 Å². The van der Waals surface area contributed by atoms with Gasteiger partial charge in [-0.05, 0) is 19.4 Å². The first-order chi connectivity index (χ1) is 6.40. The molecule has 1 aliphatic carbocycles. The third-order valence-electron chi connectivity index (χ3n) is 2.52. The van der Waals surface area contributed by atoms with Crippen LogP contribution in [0.1, 0.15) is 20.3 Å². The molecule has 1 aliphatic rings. The van der Waals surface area contributed by atoms with Crippen LogP contribution in [0.25, 0.3) is 0 Å². The summed E-state index contributed by atoms with van der Waals surface area (Å²) in [6.07, 6.45) is -0.0103. The molecule has 1 N–H and O–H groups in total. The standard InChI is InChI=1S/C10H14O4/c1-6-9(8(12)5-14-3)7(11)4-10(6,2)13/h13H,4-5H2,1-3H3/t10-/m0/s1. The highest BCUT2D eigenvalue weighted by molar-refractivity contribution is 6.23. The van der Waals surface area contributed by atoms with Crippen LogP contribution in [0.4, 0.5) is 0 Å². The van der Waals surface area contributed by atoms with Crippen molar-refractivity contribution in [3.05, 3.63) is 11.1 Å². The van der Waals surface area contributed by atoms with Crippen LogP contribution in [-0.4, -0.2) is 36.0 Å². The Balaban J connectivity index is 3.02. The maximum absolute atomic E-state index is 11.4. The number of ether oxygens (including phenoxy) is 1. The van der Waals surface area contributed by atoms with Gasteiger partial charge in [0, 0.05) is 13.5 Å². The summed E-state index contributed by atoms with van der Waals surface area (Å²) in [6, 6.07) is 0. The van der Waals surface area contributed by atoms with Gasteiger partial charge in [0.2, 0.25) is 0 Å². The number of ketones is 2. The van der Waals surface area contributed by atoms with Gasteiger partial charge in [-0.1, -0.05) is 0 Å². The molecule has 78 valence electrons. The molecule has 0 aromatic rings. The summed E-state index contributed by atoms with van der Waals surface area (Å²) in [5, 5.41) is 9.75. The van der Waals surface area contributed by atoms with E-state index < -0.39 is 5.60 Å². The predicted molar refractivity (Wildman–Crippen MR) is 49.8 cm³/mol. The van der Waals surface area contributed by atoms with E-state index in [9.17, 15) is 14.7 Å². The minimum absolute atomic E-state index is 0.0103. The van der Waals surface area contributed by atoms with Crippen molar-refractivity contribution in [2.24, 2.45) is 0 Å². The van der Waals surface area contributed by atoms with Gasteiger partial charge in [0.05, 0.1) is 11.2 Å². The molecule has 0 saturated heterocycles. The third-order valence-corrected chi connectivity index (χ3v) is 2.52. The van der Waals surface area contributed by atoms with E-state index in [-0.39, 0.29) is 30.2 Å². The molecule has 4 nitrogen and oxygen atoms in total. The van der Waals surface area contributed by atoms with Crippen LogP contribution in [0.5, 0.6) is 0 Å². The Morgan fingerprint density at radius 2 is 2.21 bits per heavy atom. The van der Waals surface area contributed by atoms with Crippen molar-refractivity contribution in [3.8, 4) is 0 Å². The molecular weight excluding hydrogens is 184 g/mol. The zero-order chi connectivity index (χ0) is 10.9. The highest BCUT2D eigenvalue weighted by atomic mass is 16.5. The fourth-order valence-corrected chi connectivity index (χ4v) is 1.58. The molecule has 0 fully saturated rings. The Bertz CT molecular complexity index is 312. The summed E-state index contributed by atoms with van der Waals surface area (Å²) in [5.74, 6) is -0.651. The monoisotopic (exact) mass is 198 g/mol. The largest absolute Gasteiger partial charge is 0.385 e. The quantitative estimate of drug-likeness (QED) is 0.660. The van der Waals surface area contributed by atoms with Gasteiger partial charge in [0.15, 0.2) is 11.6 Å². The first kappa shape index (κ1) is 11.1. The molecule has 0 radical (unpaired) electrons.